The lowest BCUT2D eigenvalue weighted by Gasteiger charge is -2.33. The number of hydrogen-bond donors (Lipinski definition) is 2. The lowest BCUT2D eigenvalue weighted by Crippen LogP contribution is -2.38. The van der Waals surface area contributed by atoms with Gasteiger partial charge in [0.1, 0.15) is 0 Å². The molecule has 3 N–H and O–H groups in total. The third-order valence-electron chi connectivity index (χ3n) is 4.28. The van der Waals surface area contributed by atoms with Gasteiger partial charge in [0.15, 0.2) is 0 Å². The molecular formula is C16H25BrN2. The van der Waals surface area contributed by atoms with Crippen molar-refractivity contribution in [2.45, 2.75) is 45.6 Å². The predicted octanol–water partition coefficient (Wildman–Crippen LogP) is 4.32. The molecule has 1 saturated carbocycles. The zero-order valence-corrected chi connectivity index (χ0v) is 13.5. The van der Waals surface area contributed by atoms with Gasteiger partial charge in [-0.15, -0.1) is 0 Å². The Morgan fingerprint density at radius 1 is 1.26 bits per heavy atom. The molecule has 0 spiro atoms. The van der Waals surface area contributed by atoms with E-state index in [0.29, 0.717) is 12.6 Å². The molecule has 2 nitrogen and oxygen atoms in total. The molecule has 0 saturated heterocycles. The molecule has 1 aliphatic carbocycles. The first-order valence-corrected chi connectivity index (χ1v) is 8.11. The monoisotopic (exact) mass is 324 g/mol. The van der Waals surface area contributed by atoms with Crippen LogP contribution in [0.15, 0.2) is 22.7 Å². The second-order valence-corrected chi connectivity index (χ2v) is 6.94. The van der Waals surface area contributed by atoms with Gasteiger partial charge in [0, 0.05) is 22.7 Å². The number of nitrogens with two attached hydrogens (primary N) is 1. The topological polar surface area (TPSA) is 38.0 Å². The molecular weight excluding hydrogens is 300 g/mol. The summed E-state index contributed by atoms with van der Waals surface area (Å²) >= 11 is 3.56. The minimum Gasteiger partial charge on any atom is -0.381 e. The molecule has 0 heterocycles. The van der Waals surface area contributed by atoms with E-state index in [2.05, 4.69) is 53.3 Å². The van der Waals surface area contributed by atoms with Crippen LogP contribution >= 0.6 is 15.9 Å². The third-order valence-corrected chi connectivity index (χ3v) is 4.74. The van der Waals surface area contributed by atoms with Gasteiger partial charge in [0.2, 0.25) is 0 Å². The molecule has 1 aromatic carbocycles. The van der Waals surface area contributed by atoms with E-state index in [9.17, 15) is 0 Å². The molecule has 0 amide bonds. The van der Waals surface area contributed by atoms with E-state index in [1.54, 1.807) is 0 Å². The van der Waals surface area contributed by atoms with E-state index in [1.165, 1.54) is 36.9 Å². The van der Waals surface area contributed by atoms with Crippen LogP contribution < -0.4 is 11.1 Å². The maximum atomic E-state index is 5.99. The Balaban J connectivity index is 2.02. The highest BCUT2D eigenvalue weighted by molar-refractivity contribution is 9.10. The van der Waals surface area contributed by atoms with Crippen LogP contribution in [0.5, 0.6) is 0 Å². The van der Waals surface area contributed by atoms with Gasteiger partial charge >= 0.3 is 0 Å². The van der Waals surface area contributed by atoms with Crippen LogP contribution in [0.2, 0.25) is 0 Å². The largest absolute Gasteiger partial charge is 0.381 e. The maximum Gasteiger partial charge on any atom is 0.0411 e. The Hall–Kier alpha value is -0.540. The van der Waals surface area contributed by atoms with Crippen molar-refractivity contribution in [2.24, 2.45) is 17.6 Å². The molecule has 1 aliphatic rings. The summed E-state index contributed by atoms with van der Waals surface area (Å²) in [5, 5.41) is 3.64. The summed E-state index contributed by atoms with van der Waals surface area (Å²) in [6.45, 7) is 5.19. The summed E-state index contributed by atoms with van der Waals surface area (Å²) in [6.07, 6.45) is 5.31. The zero-order chi connectivity index (χ0) is 13.8. The Morgan fingerprint density at radius 3 is 2.53 bits per heavy atom. The number of rotatable bonds is 4. The third kappa shape index (κ3) is 4.22. The summed E-state index contributed by atoms with van der Waals surface area (Å²) in [7, 11) is 0. The van der Waals surface area contributed by atoms with Gasteiger partial charge in [0.05, 0.1) is 0 Å². The number of anilines is 1. The molecule has 1 fully saturated rings. The fraction of sp³-hybridized carbons (Fsp3) is 0.625. The van der Waals surface area contributed by atoms with Crippen molar-refractivity contribution in [2.75, 3.05) is 11.9 Å². The minimum absolute atomic E-state index is 0.404. The van der Waals surface area contributed by atoms with Gasteiger partial charge in [-0.3, -0.25) is 0 Å². The summed E-state index contributed by atoms with van der Waals surface area (Å²) in [5.74, 6) is 1.61. The van der Waals surface area contributed by atoms with Gasteiger partial charge < -0.3 is 11.1 Å². The standard InChI is InChI=1S/C16H25BrN2/c1-11-3-5-13(6-4-11)16(10-18)19-15-8-12(2)7-14(17)9-15/h7-9,11,13,16,19H,3-6,10,18H2,1-2H3. The molecule has 0 radical (unpaired) electrons. The first-order valence-electron chi connectivity index (χ1n) is 7.32. The van der Waals surface area contributed by atoms with Crippen molar-refractivity contribution >= 4 is 21.6 Å². The lowest BCUT2D eigenvalue weighted by molar-refractivity contribution is 0.265. The molecule has 3 heteroatoms. The fourth-order valence-corrected chi connectivity index (χ4v) is 3.70. The number of nitrogens with one attached hydrogen (secondary N) is 1. The van der Waals surface area contributed by atoms with E-state index < -0.39 is 0 Å². The summed E-state index contributed by atoms with van der Waals surface area (Å²) in [6, 6.07) is 6.87. The molecule has 106 valence electrons. The molecule has 19 heavy (non-hydrogen) atoms. The average Bonchev–Trinajstić information content (AvgIpc) is 2.36. The second kappa shape index (κ2) is 6.76. The van der Waals surface area contributed by atoms with E-state index in [-0.39, 0.29) is 0 Å². The minimum atomic E-state index is 0.404. The van der Waals surface area contributed by atoms with Crippen molar-refractivity contribution in [1.29, 1.82) is 0 Å². The zero-order valence-electron chi connectivity index (χ0n) is 12.0. The molecule has 0 bridgehead atoms. The van der Waals surface area contributed by atoms with E-state index >= 15 is 0 Å². The quantitative estimate of drug-likeness (QED) is 0.865. The number of aryl methyl sites for hydroxylation is 1. The van der Waals surface area contributed by atoms with Gasteiger partial charge in [-0.25, -0.2) is 0 Å². The SMILES string of the molecule is Cc1cc(Br)cc(NC(CN)C2CCC(C)CC2)c1. The van der Waals surface area contributed by atoms with Crippen LogP contribution in [0.4, 0.5) is 5.69 Å². The van der Waals surface area contributed by atoms with Crippen molar-refractivity contribution in [3.63, 3.8) is 0 Å². The van der Waals surface area contributed by atoms with Gasteiger partial charge in [-0.2, -0.15) is 0 Å². The van der Waals surface area contributed by atoms with Crippen molar-refractivity contribution < 1.29 is 0 Å². The van der Waals surface area contributed by atoms with Crippen LogP contribution in [0.25, 0.3) is 0 Å². The first-order chi connectivity index (χ1) is 9.08. The molecule has 0 aliphatic heterocycles. The van der Waals surface area contributed by atoms with Gasteiger partial charge in [0.25, 0.3) is 0 Å². The van der Waals surface area contributed by atoms with Crippen LogP contribution in [0, 0.1) is 18.8 Å². The smallest absolute Gasteiger partial charge is 0.0411 e. The number of halogens is 1. The van der Waals surface area contributed by atoms with E-state index in [0.717, 1.165) is 16.3 Å². The molecule has 0 aromatic heterocycles. The first kappa shape index (κ1) is 14.9. The van der Waals surface area contributed by atoms with Crippen LogP contribution in [-0.4, -0.2) is 12.6 Å². The lowest BCUT2D eigenvalue weighted by atomic mass is 9.79. The second-order valence-electron chi connectivity index (χ2n) is 6.02. The Bertz CT molecular complexity index is 391. The van der Waals surface area contributed by atoms with Gasteiger partial charge in [-0.05, 0) is 55.4 Å². The van der Waals surface area contributed by atoms with Gasteiger partial charge in [-0.1, -0.05) is 35.7 Å². The van der Waals surface area contributed by atoms with E-state index in [4.69, 9.17) is 5.73 Å². The van der Waals surface area contributed by atoms with Crippen LogP contribution in [0.1, 0.15) is 38.2 Å². The molecule has 1 atom stereocenters. The Labute approximate surface area is 125 Å². The van der Waals surface area contributed by atoms with Crippen molar-refractivity contribution in [3.05, 3.63) is 28.2 Å². The summed E-state index contributed by atoms with van der Waals surface area (Å²) in [4.78, 5) is 0. The van der Waals surface area contributed by atoms with E-state index in [1.807, 2.05) is 0 Å². The molecule has 2 rings (SSSR count). The highest BCUT2D eigenvalue weighted by atomic mass is 79.9. The predicted molar refractivity (Wildman–Crippen MR) is 86.5 cm³/mol. The van der Waals surface area contributed by atoms with Crippen LogP contribution in [0.3, 0.4) is 0 Å². The highest BCUT2D eigenvalue weighted by Crippen LogP contribution is 2.31. The normalized spacial score (nSPS) is 25.1. The number of hydrogen-bond acceptors (Lipinski definition) is 2. The molecule has 1 aromatic rings. The summed E-state index contributed by atoms with van der Waals surface area (Å²) in [5.41, 5.74) is 8.44. The Morgan fingerprint density at radius 2 is 1.95 bits per heavy atom. The fourth-order valence-electron chi connectivity index (χ4n) is 3.09. The molecule has 1 unspecified atom stereocenters. The highest BCUT2D eigenvalue weighted by Gasteiger charge is 2.25. The Kier molecular flexibility index (Phi) is 5.28. The van der Waals surface area contributed by atoms with Crippen molar-refractivity contribution in [3.8, 4) is 0 Å². The maximum absolute atomic E-state index is 5.99. The summed E-state index contributed by atoms with van der Waals surface area (Å²) < 4.78 is 1.13. The average molecular weight is 325 g/mol. The number of benzene rings is 1. The van der Waals surface area contributed by atoms with Crippen molar-refractivity contribution in [1.82, 2.24) is 0 Å². The van der Waals surface area contributed by atoms with Crippen LogP contribution in [-0.2, 0) is 0 Å².